The Morgan fingerprint density at radius 1 is 0.654 bits per heavy atom. The standard InChI is InChI=1S/C25H24P/c1-3-13-23(14-4-1)26(24-15-5-2-6-16-24)20-10-9-12-22-19-18-21-11-7-8-17-25(21)22/h1-8,11,13-19H,9-10,12,20H2. The number of rotatable bonds is 7. The van der Waals surface area contributed by atoms with Crippen molar-refractivity contribution < 1.29 is 0 Å². The van der Waals surface area contributed by atoms with E-state index in [9.17, 15) is 0 Å². The van der Waals surface area contributed by atoms with Crippen LogP contribution in [0.2, 0.25) is 0 Å². The fourth-order valence-electron chi connectivity index (χ4n) is 3.64. The third-order valence-electron chi connectivity index (χ3n) is 4.98. The number of allylic oxidation sites excluding steroid dienone is 4. The Morgan fingerprint density at radius 2 is 1.31 bits per heavy atom. The van der Waals surface area contributed by atoms with Gasteiger partial charge in [-0.3, -0.25) is 0 Å². The van der Waals surface area contributed by atoms with Crippen LogP contribution in [0.25, 0.3) is 0 Å². The van der Waals surface area contributed by atoms with Crippen LogP contribution in [0, 0.1) is 30.6 Å². The van der Waals surface area contributed by atoms with Gasteiger partial charge < -0.3 is 0 Å². The SMILES string of the molecule is [CH]1[CH][C](CCCCP(c2ccccc2)c2ccccc2)[C]2C=CC=C[C]12. The molecule has 2 aromatic rings. The number of benzene rings is 2. The van der Waals surface area contributed by atoms with Crippen molar-refractivity contribution in [3.63, 3.8) is 0 Å². The van der Waals surface area contributed by atoms with E-state index < -0.39 is 0 Å². The zero-order chi connectivity index (χ0) is 17.6. The maximum Gasteiger partial charge on any atom is 0.0158 e. The fraction of sp³-hybridized carbons (Fsp3) is 0.160. The highest BCUT2D eigenvalue weighted by Gasteiger charge is 2.35. The van der Waals surface area contributed by atoms with E-state index in [-0.39, 0.29) is 7.92 Å². The third-order valence-corrected chi connectivity index (χ3v) is 7.59. The normalized spacial score (nSPS) is 17.9. The first kappa shape index (κ1) is 17.7. The van der Waals surface area contributed by atoms with Gasteiger partial charge in [-0.2, -0.15) is 0 Å². The van der Waals surface area contributed by atoms with E-state index in [0.717, 1.165) is 0 Å². The van der Waals surface area contributed by atoms with Gasteiger partial charge >= 0.3 is 0 Å². The summed E-state index contributed by atoms with van der Waals surface area (Å²) in [4.78, 5) is 0. The second kappa shape index (κ2) is 8.83. The average Bonchev–Trinajstić information content (AvgIpc) is 3.12. The molecule has 0 heterocycles. The molecule has 0 bridgehead atoms. The van der Waals surface area contributed by atoms with Crippen LogP contribution < -0.4 is 10.6 Å². The van der Waals surface area contributed by atoms with Gasteiger partial charge in [0.25, 0.3) is 0 Å². The molecule has 129 valence electrons. The Morgan fingerprint density at radius 3 is 2.00 bits per heavy atom. The summed E-state index contributed by atoms with van der Waals surface area (Å²) in [5, 5.41) is 2.99. The minimum atomic E-state index is -0.255. The van der Waals surface area contributed by atoms with Crippen LogP contribution in [-0.4, -0.2) is 6.16 Å². The Bertz CT molecular complexity index is 692. The van der Waals surface area contributed by atoms with Gasteiger partial charge in [-0.15, -0.1) is 0 Å². The molecule has 0 unspecified atom stereocenters. The predicted octanol–water partition coefficient (Wildman–Crippen LogP) is 5.56. The molecule has 1 saturated carbocycles. The average molecular weight is 355 g/mol. The number of fused-ring (bicyclic) bond motifs is 1. The van der Waals surface area contributed by atoms with Crippen molar-refractivity contribution in [3.05, 3.63) is 116 Å². The lowest BCUT2D eigenvalue weighted by molar-refractivity contribution is 0.747. The molecule has 2 aromatic carbocycles. The van der Waals surface area contributed by atoms with Crippen LogP contribution in [0.15, 0.2) is 85.0 Å². The minimum Gasteiger partial charge on any atom is -0.0762 e. The van der Waals surface area contributed by atoms with Crippen LogP contribution >= 0.6 is 7.92 Å². The van der Waals surface area contributed by atoms with Gasteiger partial charge in [0.15, 0.2) is 0 Å². The molecule has 26 heavy (non-hydrogen) atoms. The van der Waals surface area contributed by atoms with E-state index in [0.29, 0.717) is 0 Å². The summed E-state index contributed by atoms with van der Waals surface area (Å²) in [7, 11) is -0.255. The molecule has 2 aliphatic carbocycles. The molecule has 1 fully saturated rings. The highest BCUT2D eigenvalue weighted by Crippen LogP contribution is 2.46. The zero-order valence-electron chi connectivity index (χ0n) is 15.0. The molecule has 0 atom stereocenters. The Balaban J connectivity index is 1.34. The van der Waals surface area contributed by atoms with Crippen LogP contribution in [0.5, 0.6) is 0 Å². The van der Waals surface area contributed by atoms with Crippen LogP contribution in [-0.2, 0) is 0 Å². The smallest absolute Gasteiger partial charge is 0.0158 e. The molecule has 0 aliphatic heterocycles. The molecule has 0 nitrogen and oxygen atoms in total. The molecule has 1 heteroatoms. The van der Waals surface area contributed by atoms with Gasteiger partial charge in [-0.25, -0.2) is 0 Å². The maximum absolute atomic E-state index is 2.31. The lowest BCUT2D eigenvalue weighted by atomic mass is 9.84. The molecule has 0 spiro atoms. The number of hydrogen-bond acceptors (Lipinski definition) is 0. The predicted molar refractivity (Wildman–Crippen MR) is 114 cm³/mol. The summed E-state index contributed by atoms with van der Waals surface area (Å²) in [6.45, 7) is 0. The van der Waals surface area contributed by atoms with E-state index in [2.05, 4.69) is 97.8 Å². The fourth-order valence-corrected chi connectivity index (χ4v) is 6.06. The lowest BCUT2D eigenvalue weighted by Gasteiger charge is -2.21. The first-order valence-corrected chi connectivity index (χ1v) is 11.0. The summed E-state index contributed by atoms with van der Waals surface area (Å²) >= 11 is 0. The summed E-state index contributed by atoms with van der Waals surface area (Å²) < 4.78 is 0. The van der Waals surface area contributed by atoms with E-state index in [1.807, 2.05) is 0 Å². The maximum atomic E-state index is 2.31. The summed E-state index contributed by atoms with van der Waals surface area (Å²) in [5.74, 6) is 4.31. The Hall–Kier alpha value is -1.65. The highest BCUT2D eigenvalue weighted by atomic mass is 31.1. The highest BCUT2D eigenvalue weighted by molar-refractivity contribution is 7.73. The molecular weight excluding hydrogens is 331 g/mol. The second-order valence-electron chi connectivity index (χ2n) is 6.73. The van der Waals surface area contributed by atoms with Crippen molar-refractivity contribution in [1.82, 2.24) is 0 Å². The van der Waals surface area contributed by atoms with Crippen molar-refractivity contribution in [3.8, 4) is 0 Å². The van der Waals surface area contributed by atoms with Gasteiger partial charge in [0.2, 0.25) is 0 Å². The first-order chi connectivity index (χ1) is 12.9. The number of unbranched alkanes of at least 4 members (excludes halogenated alkanes) is 1. The molecule has 2 aliphatic rings. The van der Waals surface area contributed by atoms with Gasteiger partial charge in [0.1, 0.15) is 0 Å². The summed E-state index contributed by atoms with van der Waals surface area (Å²) in [6.07, 6.45) is 18.3. The van der Waals surface area contributed by atoms with Crippen molar-refractivity contribution in [1.29, 1.82) is 0 Å². The van der Waals surface area contributed by atoms with Crippen molar-refractivity contribution in [2.75, 3.05) is 6.16 Å². The Labute approximate surface area is 159 Å². The quantitative estimate of drug-likeness (QED) is 0.450. The topological polar surface area (TPSA) is 0 Å². The Kier molecular flexibility index (Phi) is 6.03. The van der Waals surface area contributed by atoms with Gasteiger partial charge in [0.05, 0.1) is 0 Å². The molecule has 0 saturated heterocycles. The molecule has 0 amide bonds. The van der Waals surface area contributed by atoms with E-state index in [1.54, 1.807) is 0 Å². The van der Waals surface area contributed by atoms with Crippen molar-refractivity contribution >= 4 is 18.5 Å². The van der Waals surface area contributed by atoms with Gasteiger partial charge in [-0.1, -0.05) is 91.4 Å². The van der Waals surface area contributed by atoms with E-state index >= 15 is 0 Å². The van der Waals surface area contributed by atoms with Gasteiger partial charge in [-0.05, 0) is 56.3 Å². The van der Waals surface area contributed by atoms with Gasteiger partial charge in [0, 0.05) is 11.8 Å². The van der Waals surface area contributed by atoms with Crippen LogP contribution in [0.1, 0.15) is 19.3 Å². The van der Waals surface area contributed by atoms with E-state index in [1.165, 1.54) is 53.8 Å². The van der Waals surface area contributed by atoms with Crippen LogP contribution in [0.4, 0.5) is 0 Å². The summed E-state index contributed by atoms with van der Waals surface area (Å²) in [5.41, 5.74) is 0. The molecular formula is C25H24P. The first-order valence-electron chi connectivity index (χ1n) is 9.43. The molecule has 0 N–H and O–H groups in total. The van der Waals surface area contributed by atoms with Crippen molar-refractivity contribution in [2.24, 2.45) is 0 Å². The second-order valence-corrected chi connectivity index (χ2v) is 9.06. The lowest BCUT2D eigenvalue weighted by Crippen LogP contribution is -2.14. The monoisotopic (exact) mass is 355 g/mol. The number of hydrogen-bond donors (Lipinski definition) is 0. The van der Waals surface area contributed by atoms with Crippen molar-refractivity contribution in [2.45, 2.75) is 19.3 Å². The molecule has 0 aromatic heterocycles. The van der Waals surface area contributed by atoms with E-state index in [4.69, 9.17) is 0 Å². The molecule has 4 rings (SSSR count). The zero-order valence-corrected chi connectivity index (χ0v) is 15.9. The summed E-state index contributed by atoms with van der Waals surface area (Å²) in [6, 6.07) is 22.1. The van der Waals surface area contributed by atoms with Crippen LogP contribution in [0.3, 0.4) is 0 Å². The minimum absolute atomic E-state index is 0.255. The third kappa shape index (κ3) is 4.18. The largest absolute Gasteiger partial charge is 0.0762 e. The molecule has 5 radical (unpaired) electrons.